The van der Waals surface area contributed by atoms with E-state index in [1.165, 1.54) is 25.3 Å². The Morgan fingerprint density at radius 2 is 1.80 bits per heavy atom. The standard InChI is InChI=1S/C8H21NS/c1-5-6-7-9-8-10(2,3)4/h9H,5-8H2,1-4H3. The summed E-state index contributed by atoms with van der Waals surface area (Å²) in [4.78, 5) is 0. The molecule has 0 unspecified atom stereocenters. The van der Waals surface area contributed by atoms with Crippen LogP contribution in [-0.4, -0.2) is 31.2 Å². The van der Waals surface area contributed by atoms with Gasteiger partial charge in [0.2, 0.25) is 0 Å². The van der Waals surface area contributed by atoms with Gasteiger partial charge in [-0.15, -0.1) is 0 Å². The van der Waals surface area contributed by atoms with Crippen molar-refractivity contribution in [3.05, 3.63) is 0 Å². The Labute approximate surface area is 66.9 Å². The molecule has 1 nitrogen and oxygen atoms in total. The van der Waals surface area contributed by atoms with Gasteiger partial charge in [-0.3, -0.25) is 0 Å². The molecule has 0 rings (SSSR count). The monoisotopic (exact) mass is 163 g/mol. The molecule has 0 radical (unpaired) electrons. The van der Waals surface area contributed by atoms with Crippen LogP contribution in [0.5, 0.6) is 0 Å². The summed E-state index contributed by atoms with van der Waals surface area (Å²) in [6.07, 6.45) is 9.63. The molecule has 0 bridgehead atoms. The van der Waals surface area contributed by atoms with Crippen LogP contribution in [0.1, 0.15) is 19.8 Å². The Bertz CT molecular complexity index is 75.8. The second kappa shape index (κ2) is 5.03. The number of hydrogen-bond acceptors (Lipinski definition) is 1. The summed E-state index contributed by atoms with van der Waals surface area (Å²) in [5.74, 6) is 1.22. The highest BCUT2D eigenvalue weighted by molar-refractivity contribution is 8.32. The maximum atomic E-state index is 3.46. The van der Waals surface area contributed by atoms with Crippen molar-refractivity contribution >= 4 is 10.0 Å². The molecule has 0 amide bonds. The van der Waals surface area contributed by atoms with E-state index in [9.17, 15) is 0 Å². The molecule has 0 heterocycles. The minimum Gasteiger partial charge on any atom is -0.309 e. The lowest BCUT2D eigenvalue weighted by atomic mass is 10.3. The first-order chi connectivity index (χ1) is 4.56. The van der Waals surface area contributed by atoms with Crippen molar-refractivity contribution in [2.45, 2.75) is 19.8 Å². The quantitative estimate of drug-likeness (QED) is 0.612. The van der Waals surface area contributed by atoms with E-state index in [1.807, 2.05) is 0 Å². The van der Waals surface area contributed by atoms with Gasteiger partial charge >= 0.3 is 0 Å². The van der Waals surface area contributed by atoms with E-state index in [0.29, 0.717) is 0 Å². The Morgan fingerprint density at radius 1 is 1.20 bits per heavy atom. The van der Waals surface area contributed by atoms with Gasteiger partial charge < -0.3 is 5.32 Å². The first-order valence-corrected chi connectivity index (χ1v) is 6.95. The SMILES string of the molecule is CCCCNCS(C)(C)C. The van der Waals surface area contributed by atoms with Gasteiger partial charge in [-0.1, -0.05) is 13.3 Å². The van der Waals surface area contributed by atoms with Crippen molar-refractivity contribution in [3.63, 3.8) is 0 Å². The molecule has 0 atom stereocenters. The molecule has 10 heavy (non-hydrogen) atoms. The summed E-state index contributed by atoms with van der Waals surface area (Å²) in [5, 5.41) is 3.46. The largest absolute Gasteiger partial charge is 0.309 e. The van der Waals surface area contributed by atoms with Gasteiger partial charge in [-0.25, -0.2) is 10.0 Å². The highest BCUT2D eigenvalue weighted by atomic mass is 32.3. The minimum atomic E-state index is -0.316. The second-order valence-corrected chi connectivity index (χ2v) is 8.06. The summed E-state index contributed by atoms with van der Waals surface area (Å²) < 4.78 is 0. The van der Waals surface area contributed by atoms with Crippen LogP contribution in [0.4, 0.5) is 0 Å². The molecule has 0 aromatic heterocycles. The van der Waals surface area contributed by atoms with E-state index < -0.39 is 0 Å². The second-order valence-electron chi connectivity index (χ2n) is 3.59. The lowest BCUT2D eigenvalue weighted by Gasteiger charge is -2.25. The zero-order chi connectivity index (χ0) is 8.04. The number of nitrogens with one attached hydrogen (secondary N) is 1. The fourth-order valence-corrected chi connectivity index (χ4v) is 1.44. The molecule has 0 saturated carbocycles. The molecule has 1 N–H and O–H groups in total. The summed E-state index contributed by atoms with van der Waals surface area (Å²) in [6.45, 7) is 3.42. The Hall–Kier alpha value is 0.310. The third-order valence-electron chi connectivity index (χ3n) is 1.24. The molecule has 0 aliphatic rings. The fourth-order valence-electron chi connectivity index (χ4n) is 0.680. The summed E-state index contributed by atoms with van der Waals surface area (Å²) in [7, 11) is -0.316. The van der Waals surface area contributed by atoms with E-state index in [0.717, 1.165) is 0 Å². The van der Waals surface area contributed by atoms with E-state index in [2.05, 4.69) is 31.0 Å². The third-order valence-corrected chi connectivity index (χ3v) is 2.31. The van der Waals surface area contributed by atoms with Crippen LogP contribution in [0.25, 0.3) is 0 Å². The molecule has 0 aliphatic heterocycles. The van der Waals surface area contributed by atoms with Crippen molar-refractivity contribution in [2.75, 3.05) is 31.2 Å². The van der Waals surface area contributed by atoms with Gasteiger partial charge in [0.05, 0.1) is 0 Å². The van der Waals surface area contributed by atoms with Crippen LogP contribution in [0.15, 0.2) is 0 Å². The van der Waals surface area contributed by atoms with E-state index in [4.69, 9.17) is 0 Å². The Balaban J connectivity index is 3.04. The number of unbranched alkanes of at least 4 members (excludes halogenated alkanes) is 1. The average Bonchev–Trinajstić information content (AvgIpc) is 1.78. The van der Waals surface area contributed by atoms with Crippen molar-refractivity contribution in [1.82, 2.24) is 5.32 Å². The summed E-state index contributed by atoms with van der Waals surface area (Å²) in [5.41, 5.74) is 0. The van der Waals surface area contributed by atoms with Crippen LogP contribution in [0, 0.1) is 0 Å². The lowest BCUT2D eigenvalue weighted by molar-refractivity contribution is 0.698. The molecular formula is C8H21NS. The topological polar surface area (TPSA) is 12.0 Å². The first kappa shape index (κ1) is 10.3. The first-order valence-electron chi connectivity index (χ1n) is 3.93. The highest BCUT2D eigenvalue weighted by Crippen LogP contribution is 2.32. The molecule has 0 fully saturated rings. The lowest BCUT2D eigenvalue weighted by Crippen LogP contribution is -2.20. The van der Waals surface area contributed by atoms with Gasteiger partial charge in [-0.2, -0.15) is 0 Å². The maximum Gasteiger partial charge on any atom is 0.0255 e. The molecular weight excluding hydrogens is 142 g/mol. The number of hydrogen-bond donors (Lipinski definition) is 1. The zero-order valence-corrected chi connectivity index (χ0v) is 8.55. The Morgan fingerprint density at radius 3 is 2.20 bits per heavy atom. The zero-order valence-electron chi connectivity index (χ0n) is 7.74. The molecule has 0 aromatic carbocycles. The van der Waals surface area contributed by atoms with Crippen LogP contribution >= 0.6 is 10.0 Å². The van der Waals surface area contributed by atoms with Crippen molar-refractivity contribution in [1.29, 1.82) is 0 Å². The molecule has 2 heteroatoms. The molecule has 0 spiro atoms. The molecule has 0 saturated heterocycles. The third kappa shape index (κ3) is 8.31. The predicted molar refractivity (Wildman–Crippen MR) is 53.1 cm³/mol. The predicted octanol–water partition coefficient (Wildman–Crippen LogP) is 2.03. The average molecular weight is 163 g/mol. The summed E-state index contributed by atoms with van der Waals surface area (Å²) in [6, 6.07) is 0. The van der Waals surface area contributed by atoms with Crippen LogP contribution in [0.3, 0.4) is 0 Å². The fraction of sp³-hybridized carbons (Fsp3) is 1.00. The van der Waals surface area contributed by atoms with E-state index >= 15 is 0 Å². The van der Waals surface area contributed by atoms with E-state index in [1.54, 1.807) is 0 Å². The normalized spacial score (nSPS) is 13.6. The van der Waals surface area contributed by atoms with Crippen molar-refractivity contribution in [2.24, 2.45) is 0 Å². The van der Waals surface area contributed by atoms with Crippen LogP contribution in [-0.2, 0) is 0 Å². The number of rotatable bonds is 5. The molecule has 0 aromatic rings. The maximum absolute atomic E-state index is 3.46. The van der Waals surface area contributed by atoms with Gasteiger partial charge in [0.15, 0.2) is 0 Å². The van der Waals surface area contributed by atoms with Crippen LogP contribution in [0.2, 0.25) is 0 Å². The minimum absolute atomic E-state index is 0.316. The van der Waals surface area contributed by atoms with Crippen molar-refractivity contribution < 1.29 is 0 Å². The van der Waals surface area contributed by atoms with Crippen molar-refractivity contribution in [3.8, 4) is 0 Å². The van der Waals surface area contributed by atoms with Gasteiger partial charge in [0.1, 0.15) is 0 Å². The Kier molecular flexibility index (Phi) is 5.18. The van der Waals surface area contributed by atoms with Gasteiger partial charge in [-0.05, 0) is 31.7 Å². The molecule has 0 aliphatic carbocycles. The molecule has 64 valence electrons. The smallest absolute Gasteiger partial charge is 0.0255 e. The summed E-state index contributed by atoms with van der Waals surface area (Å²) >= 11 is 0. The van der Waals surface area contributed by atoms with Gasteiger partial charge in [0, 0.05) is 5.88 Å². The van der Waals surface area contributed by atoms with Gasteiger partial charge in [0.25, 0.3) is 0 Å². The highest BCUT2D eigenvalue weighted by Gasteiger charge is 2.00. The van der Waals surface area contributed by atoms with E-state index in [-0.39, 0.29) is 10.0 Å². The van der Waals surface area contributed by atoms with Crippen LogP contribution < -0.4 is 5.32 Å².